The normalized spacial score (nSPS) is 13.1. The van der Waals surface area contributed by atoms with Crippen LogP contribution in [0.1, 0.15) is 5.56 Å². The van der Waals surface area contributed by atoms with E-state index in [1.54, 1.807) is 46.9 Å². The van der Waals surface area contributed by atoms with Crippen LogP contribution in [0.2, 0.25) is 0 Å². The molecule has 6 heteroatoms. The SMILES string of the molecule is COC(=O)C(I)CS(=O)(=O)c1ccc(C)cc1. The summed E-state index contributed by atoms with van der Waals surface area (Å²) in [6.45, 7) is 1.88. The molecular weight excluding hydrogens is 355 g/mol. The highest BCUT2D eigenvalue weighted by Crippen LogP contribution is 2.16. The third-order valence-electron chi connectivity index (χ3n) is 2.20. The lowest BCUT2D eigenvalue weighted by atomic mass is 10.2. The molecule has 0 heterocycles. The summed E-state index contributed by atoms with van der Waals surface area (Å²) >= 11 is 1.77. The molecule has 0 bridgehead atoms. The number of esters is 1. The molecule has 0 saturated carbocycles. The highest BCUT2D eigenvalue weighted by atomic mass is 127. The van der Waals surface area contributed by atoms with Gasteiger partial charge in [0.25, 0.3) is 0 Å². The van der Waals surface area contributed by atoms with Gasteiger partial charge in [-0.05, 0) is 19.1 Å². The molecule has 17 heavy (non-hydrogen) atoms. The Labute approximate surface area is 114 Å². The number of ether oxygens (including phenoxy) is 1. The fourth-order valence-electron chi connectivity index (χ4n) is 1.23. The number of rotatable bonds is 4. The summed E-state index contributed by atoms with van der Waals surface area (Å²) < 4.78 is 27.7. The van der Waals surface area contributed by atoms with Crippen molar-refractivity contribution in [2.45, 2.75) is 15.7 Å². The molecular formula is C11H13IO4S. The fourth-order valence-corrected chi connectivity index (χ4v) is 4.17. The van der Waals surface area contributed by atoms with Crippen molar-refractivity contribution in [1.82, 2.24) is 0 Å². The number of halogens is 1. The zero-order valence-corrected chi connectivity index (χ0v) is 12.5. The number of carbonyl (C=O) groups excluding carboxylic acids is 1. The molecule has 0 aliphatic heterocycles. The summed E-state index contributed by atoms with van der Waals surface area (Å²) in [7, 11) is -2.20. The summed E-state index contributed by atoms with van der Waals surface area (Å²) in [6, 6.07) is 6.55. The monoisotopic (exact) mass is 368 g/mol. The van der Waals surface area contributed by atoms with Crippen LogP contribution in [0.25, 0.3) is 0 Å². The van der Waals surface area contributed by atoms with E-state index in [9.17, 15) is 13.2 Å². The molecule has 1 atom stereocenters. The average Bonchev–Trinajstić information content (AvgIpc) is 2.27. The van der Waals surface area contributed by atoms with Gasteiger partial charge in [0.05, 0.1) is 17.8 Å². The number of sulfone groups is 1. The van der Waals surface area contributed by atoms with Gasteiger partial charge in [-0.1, -0.05) is 40.3 Å². The Kier molecular flexibility index (Phi) is 4.93. The summed E-state index contributed by atoms with van der Waals surface area (Å²) in [5.74, 6) is -0.773. The highest BCUT2D eigenvalue weighted by molar-refractivity contribution is 14.1. The van der Waals surface area contributed by atoms with E-state index in [0.29, 0.717) is 0 Å². The minimum Gasteiger partial charge on any atom is -0.468 e. The Morgan fingerprint density at radius 2 is 1.88 bits per heavy atom. The minimum atomic E-state index is -3.44. The lowest BCUT2D eigenvalue weighted by molar-refractivity contribution is -0.139. The Hall–Kier alpha value is -0.630. The van der Waals surface area contributed by atoms with Crippen molar-refractivity contribution in [2.24, 2.45) is 0 Å². The molecule has 0 radical (unpaired) electrons. The molecule has 94 valence electrons. The Bertz CT molecular complexity index is 493. The zero-order valence-electron chi connectivity index (χ0n) is 9.51. The van der Waals surface area contributed by atoms with E-state index in [1.165, 1.54) is 7.11 Å². The molecule has 0 spiro atoms. The van der Waals surface area contributed by atoms with E-state index in [1.807, 2.05) is 6.92 Å². The van der Waals surface area contributed by atoms with Crippen molar-refractivity contribution in [3.8, 4) is 0 Å². The molecule has 0 amide bonds. The smallest absolute Gasteiger partial charge is 0.319 e. The standard InChI is InChI=1S/C11H13IO4S/c1-8-3-5-9(6-4-8)17(14,15)7-10(12)11(13)16-2/h3-6,10H,7H2,1-2H3. The van der Waals surface area contributed by atoms with Crippen LogP contribution in [0.4, 0.5) is 0 Å². The van der Waals surface area contributed by atoms with Gasteiger partial charge in [0.1, 0.15) is 3.92 Å². The summed E-state index contributed by atoms with van der Waals surface area (Å²) in [4.78, 5) is 11.4. The van der Waals surface area contributed by atoms with Crippen LogP contribution in [-0.4, -0.2) is 31.2 Å². The Morgan fingerprint density at radius 1 is 1.35 bits per heavy atom. The van der Waals surface area contributed by atoms with Crippen LogP contribution in [0.3, 0.4) is 0 Å². The van der Waals surface area contributed by atoms with E-state index in [0.717, 1.165) is 5.56 Å². The first-order valence-corrected chi connectivity index (χ1v) is 7.78. The second kappa shape index (κ2) is 5.81. The van der Waals surface area contributed by atoms with Crippen molar-refractivity contribution in [1.29, 1.82) is 0 Å². The summed E-state index contributed by atoms with van der Waals surface area (Å²) in [6.07, 6.45) is 0. The Balaban J connectivity index is 2.89. The van der Waals surface area contributed by atoms with Gasteiger partial charge in [-0.2, -0.15) is 0 Å². The molecule has 0 aromatic heterocycles. The van der Waals surface area contributed by atoms with E-state index >= 15 is 0 Å². The lowest BCUT2D eigenvalue weighted by Gasteiger charge is -2.08. The number of carbonyl (C=O) groups is 1. The molecule has 1 unspecified atom stereocenters. The number of benzene rings is 1. The first-order chi connectivity index (χ1) is 7.86. The third-order valence-corrected chi connectivity index (χ3v) is 5.51. The highest BCUT2D eigenvalue weighted by Gasteiger charge is 2.24. The van der Waals surface area contributed by atoms with Crippen molar-refractivity contribution in [3.05, 3.63) is 29.8 Å². The molecule has 0 fully saturated rings. The molecule has 4 nitrogen and oxygen atoms in total. The van der Waals surface area contributed by atoms with Crippen LogP contribution in [0, 0.1) is 6.92 Å². The third kappa shape index (κ3) is 3.95. The van der Waals surface area contributed by atoms with Gasteiger partial charge >= 0.3 is 5.97 Å². The second-order valence-electron chi connectivity index (χ2n) is 3.59. The van der Waals surface area contributed by atoms with E-state index in [-0.39, 0.29) is 10.6 Å². The van der Waals surface area contributed by atoms with Gasteiger partial charge in [0.2, 0.25) is 0 Å². The topological polar surface area (TPSA) is 60.4 Å². The predicted molar refractivity (Wildman–Crippen MR) is 73.1 cm³/mol. The molecule has 1 rings (SSSR count). The van der Waals surface area contributed by atoms with Gasteiger partial charge in [-0.3, -0.25) is 4.79 Å². The van der Waals surface area contributed by atoms with Crippen molar-refractivity contribution >= 4 is 38.4 Å². The number of alkyl halides is 1. The van der Waals surface area contributed by atoms with Gasteiger partial charge in [-0.25, -0.2) is 8.42 Å². The molecule has 1 aromatic carbocycles. The largest absolute Gasteiger partial charge is 0.468 e. The lowest BCUT2D eigenvalue weighted by Crippen LogP contribution is -2.25. The molecule has 0 N–H and O–H groups in total. The van der Waals surface area contributed by atoms with E-state index in [4.69, 9.17) is 0 Å². The van der Waals surface area contributed by atoms with Gasteiger partial charge in [0, 0.05) is 0 Å². The fraction of sp³-hybridized carbons (Fsp3) is 0.364. The van der Waals surface area contributed by atoms with Crippen molar-refractivity contribution in [3.63, 3.8) is 0 Å². The zero-order chi connectivity index (χ0) is 13.1. The van der Waals surface area contributed by atoms with Crippen LogP contribution in [0.5, 0.6) is 0 Å². The number of aryl methyl sites for hydroxylation is 1. The Morgan fingerprint density at radius 3 is 2.35 bits per heavy atom. The second-order valence-corrected chi connectivity index (χ2v) is 7.12. The molecule has 0 aliphatic rings. The maximum atomic E-state index is 12.0. The van der Waals surface area contributed by atoms with Gasteiger partial charge < -0.3 is 4.74 Å². The van der Waals surface area contributed by atoms with E-state index < -0.39 is 19.7 Å². The summed E-state index contributed by atoms with van der Waals surface area (Å²) in [5, 5.41) is 0. The maximum absolute atomic E-state index is 12.0. The average molecular weight is 368 g/mol. The number of hydrogen-bond donors (Lipinski definition) is 0. The number of methoxy groups -OCH3 is 1. The predicted octanol–water partition coefficient (Wildman–Crippen LogP) is 1.75. The maximum Gasteiger partial charge on any atom is 0.319 e. The number of hydrogen-bond acceptors (Lipinski definition) is 4. The quantitative estimate of drug-likeness (QED) is 0.462. The van der Waals surface area contributed by atoms with Crippen LogP contribution < -0.4 is 0 Å². The van der Waals surface area contributed by atoms with E-state index in [2.05, 4.69) is 4.74 Å². The molecule has 0 saturated heterocycles. The van der Waals surface area contributed by atoms with Crippen LogP contribution >= 0.6 is 22.6 Å². The van der Waals surface area contributed by atoms with Gasteiger partial charge in [-0.15, -0.1) is 0 Å². The first kappa shape index (κ1) is 14.4. The molecule has 1 aromatic rings. The van der Waals surface area contributed by atoms with Gasteiger partial charge in [0.15, 0.2) is 9.84 Å². The van der Waals surface area contributed by atoms with Crippen LogP contribution in [0.15, 0.2) is 29.2 Å². The first-order valence-electron chi connectivity index (χ1n) is 4.88. The molecule has 0 aliphatic carbocycles. The summed E-state index contributed by atoms with van der Waals surface area (Å²) in [5.41, 5.74) is 0.989. The minimum absolute atomic E-state index is 0.230. The van der Waals surface area contributed by atoms with Crippen molar-refractivity contribution < 1.29 is 17.9 Å². The van der Waals surface area contributed by atoms with Crippen molar-refractivity contribution in [2.75, 3.05) is 12.9 Å². The van der Waals surface area contributed by atoms with Crippen LogP contribution in [-0.2, 0) is 19.4 Å².